The van der Waals surface area contributed by atoms with Crippen LogP contribution in [-0.2, 0) is 4.57 Å². The SMILES string of the molecule is CCCCC(CC)CO.O=P(O)(O)O.[NaH]. The fraction of sp³-hybridized carbons (Fsp3) is 1.00. The van der Waals surface area contributed by atoms with Crippen LogP contribution in [0.15, 0.2) is 0 Å². The van der Waals surface area contributed by atoms with Gasteiger partial charge in [-0.3, -0.25) is 0 Å². The van der Waals surface area contributed by atoms with Crippen LogP contribution in [0.1, 0.15) is 39.5 Å². The zero-order valence-electron chi connectivity index (χ0n) is 8.76. The van der Waals surface area contributed by atoms with Gasteiger partial charge >= 0.3 is 37.4 Å². The number of phosphoric acid groups is 1. The zero-order chi connectivity index (χ0) is 11.6. The first-order valence-corrected chi connectivity index (χ1v) is 6.30. The predicted octanol–water partition coefficient (Wildman–Crippen LogP) is 0.618. The minimum absolute atomic E-state index is 0. The van der Waals surface area contributed by atoms with Gasteiger partial charge in [-0.05, 0) is 12.3 Å². The van der Waals surface area contributed by atoms with Gasteiger partial charge in [-0.15, -0.1) is 0 Å². The van der Waals surface area contributed by atoms with Gasteiger partial charge in [0.2, 0.25) is 0 Å². The average Bonchev–Trinajstić information content (AvgIpc) is 2.04. The maximum atomic E-state index is 8.88. The van der Waals surface area contributed by atoms with Crippen molar-refractivity contribution < 1.29 is 24.4 Å². The Morgan fingerprint density at radius 3 is 1.80 bits per heavy atom. The molecule has 0 aliphatic rings. The molecule has 1 unspecified atom stereocenters. The van der Waals surface area contributed by atoms with Crippen LogP contribution in [0.5, 0.6) is 0 Å². The number of unbranched alkanes of at least 4 members (excludes halogenated alkanes) is 1. The molecule has 0 saturated heterocycles. The summed E-state index contributed by atoms with van der Waals surface area (Å²) in [7, 11) is -4.64. The first kappa shape index (κ1) is 21.4. The molecule has 0 aromatic heterocycles. The maximum absolute atomic E-state index is 8.88. The molecule has 90 valence electrons. The molecule has 0 saturated carbocycles. The Kier molecular flexibility index (Phi) is 18.7. The van der Waals surface area contributed by atoms with Crippen LogP contribution >= 0.6 is 7.82 Å². The second-order valence-corrected chi connectivity index (χ2v) is 4.14. The molecule has 0 aromatic carbocycles. The van der Waals surface area contributed by atoms with E-state index >= 15 is 0 Å². The molecular formula is C8H22NaO5P. The Morgan fingerprint density at radius 2 is 1.60 bits per heavy atom. The van der Waals surface area contributed by atoms with Gasteiger partial charge in [0.25, 0.3) is 0 Å². The van der Waals surface area contributed by atoms with Crippen LogP contribution in [-0.4, -0.2) is 56.0 Å². The molecule has 5 nitrogen and oxygen atoms in total. The predicted molar refractivity (Wildman–Crippen MR) is 61.8 cm³/mol. The summed E-state index contributed by atoms with van der Waals surface area (Å²) in [5, 5.41) is 8.75. The third kappa shape index (κ3) is 31.3. The molecule has 0 spiro atoms. The second-order valence-electron chi connectivity index (χ2n) is 3.11. The van der Waals surface area contributed by atoms with Crippen LogP contribution in [0, 0.1) is 5.92 Å². The van der Waals surface area contributed by atoms with Gasteiger partial charge in [0, 0.05) is 6.61 Å². The molecule has 0 bridgehead atoms. The first-order chi connectivity index (χ1) is 6.35. The number of hydrogen-bond acceptors (Lipinski definition) is 2. The van der Waals surface area contributed by atoms with E-state index in [0.717, 1.165) is 6.42 Å². The second kappa shape index (κ2) is 13.1. The van der Waals surface area contributed by atoms with E-state index in [1.165, 1.54) is 19.3 Å². The number of aliphatic hydroxyl groups is 1. The quantitative estimate of drug-likeness (QED) is 0.424. The molecule has 7 heteroatoms. The molecule has 0 radical (unpaired) electrons. The van der Waals surface area contributed by atoms with Gasteiger partial charge in [-0.2, -0.15) is 0 Å². The van der Waals surface area contributed by atoms with Crippen molar-refractivity contribution in [1.82, 2.24) is 0 Å². The molecule has 0 aromatic rings. The van der Waals surface area contributed by atoms with Crippen molar-refractivity contribution in [1.29, 1.82) is 0 Å². The fourth-order valence-electron chi connectivity index (χ4n) is 0.917. The summed E-state index contributed by atoms with van der Waals surface area (Å²) < 4.78 is 8.88. The molecule has 0 fully saturated rings. The van der Waals surface area contributed by atoms with E-state index < -0.39 is 7.82 Å². The summed E-state index contributed by atoms with van der Waals surface area (Å²) in [5.41, 5.74) is 0. The fourth-order valence-corrected chi connectivity index (χ4v) is 0.917. The van der Waals surface area contributed by atoms with Crippen molar-refractivity contribution in [3.63, 3.8) is 0 Å². The molecular weight excluding hydrogens is 230 g/mol. The summed E-state index contributed by atoms with van der Waals surface area (Å²) in [6.07, 6.45) is 4.83. The van der Waals surface area contributed by atoms with E-state index in [1.807, 2.05) is 0 Å². The number of rotatable bonds is 5. The molecule has 0 rings (SSSR count). The van der Waals surface area contributed by atoms with Crippen LogP contribution < -0.4 is 0 Å². The third-order valence-electron chi connectivity index (χ3n) is 1.80. The van der Waals surface area contributed by atoms with Gasteiger partial charge in [0.05, 0.1) is 0 Å². The molecule has 15 heavy (non-hydrogen) atoms. The van der Waals surface area contributed by atoms with Gasteiger partial charge in [0.15, 0.2) is 0 Å². The van der Waals surface area contributed by atoms with E-state index in [9.17, 15) is 0 Å². The van der Waals surface area contributed by atoms with Crippen LogP contribution in [0.3, 0.4) is 0 Å². The number of aliphatic hydroxyl groups excluding tert-OH is 1. The average molecular weight is 252 g/mol. The summed E-state index contributed by atoms with van der Waals surface area (Å²) in [6.45, 7) is 4.69. The van der Waals surface area contributed by atoms with Crippen LogP contribution in [0.25, 0.3) is 0 Å². The van der Waals surface area contributed by atoms with Gasteiger partial charge in [-0.1, -0.05) is 33.1 Å². The molecule has 0 heterocycles. The van der Waals surface area contributed by atoms with Crippen LogP contribution in [0.4, 0.5) is 0 Å². The van der Waals surface area contributed by atoms with E-state index in [1.54, 1.807) is 0 Å². The minimum atomic E-state index is -4.64. The van der Waals surface area contributed by atoms with Gasteiger partial charge in [0.1, 0.15) is 0 Å². The van der Waals surface area contributed by atoms with Crippen molar-refractivity contribution in [2.24, 2.45) is 5.92 Å². The molecule has 0 aliphatic carbocycles. The summed E-state index contributed by atoms with van der Waals surface area (Å²) in [4.78, 5) is 21.6. The van der Waals surface area contributed by atoms with Gasteiger partial charge in [-0.25, -0.2) is 4.57 Å². The Morgan fingerprint density at radius 1 is 1.20 bits per heavy atom. The van der Waals surface area contributed by atoms with Crippen molar-refractivity contribution in [2.45, 2.75) is 39.5 Å². The summed E-state index contributed by atoms with van der Waals surface area (Å²) >= 11 is 0. The Hall–Kier alpha value is 1.07. The van der Waals surface area contributed by atoms with Crippen molar-refractivity contribution in [2.75, 3.05) is 6.61 Å². The van der Waals surface area contributed by atoms with Crippen molar-refractivity contribution in [3.05, 3.63) is 0 Å². The normalized spacial score (nSPS) is 12.1. The Balaban J connectivity index is -0.000000208. The summed E-state index contributed by atoms with van der Waals surface area (Å²) in [6, 6.07) is 0. The van der Waals surface area contributed by atoms with E-state index in [4.69, 9.17) is 24.4 Å². The Labute approximate surface area is 113 Å². The Bertz CT molecular complexity index is 149. The van der Waals surface area contributed by atoms with E-state index in [0.29, 0.717) is 12.5 Å². The van der Waals surface area contributed by atoms with Crippen molar-refractivity contribution in [3.8, 4) is 0 Å². The number of hydrogen-bond donors (Lipinski definition) is 4. The third-order valence-corrected chi connectivity index (χ3v) is 1.80. The zero-order valence-corrected chi connectivity index (χ0v) is 9.65. The van der Waals surface area contributed by atoms with Crippen LogP contribution in [0.2, 0.25) is 0 Å². The molecule has 0 amide bonds. The van der Waals surface area contributed by atoms with E-state index in [2.05, 4.69) is 13.8 Å². The standard InChI is InChI=1S/C8H18O.Na.H3O4P.H/c1-3-5-6-8(4-2)7-9;;1-5(2,3)4;/h8-9H,3-7H2,1-2H3;;(H3,1,2,3,4);. The van der Waals surface area contributed by atoms with Crippen molar-refractivity contribution >= 4 is 37.4 Å². The summed E-state index contributed by atoms with van der Waals surface area (Å²) in [5.74, 6) is 0.560. The van der Waals surface area contributed by atoms with Gasteiger partial charge < -0.3 is 19.8 Å². The monoisotopic (exact) mass is 252 g/mol. The molecule has 0 aliphatic heterocycles. The first-order valence-electron chi connectivity index (χ1n) is 4.74. The molecule has 4 N–H and O–H groups in total. The van der Waals surface area contributed by atoms with E-state index in [-0.39, 0.29) is 29.6 Å². The topological polar surface area (TPSA) is 98.0 Å². The molecule has 1 atom stereocenters.